The van der Waals surface area contributed by atoms with Crippen LogP contribution in [0.3, 0.4) is 0 Å². The summed E-state index contributed by atoms with van der Waals surface area (Å²) in [5.41, 5.74) is 0. The van der Waals surface area contributed by atoms with E-state index in [-0.39, 0.29) is 6.10 Å². The van der Waals surface area contributed by atoms with Crippen molar-refractivity contribution in [2.75, 3.05) is 26.2 Å². The minimum atomic E-state index is -0.0290. The molecule has 0 amide bonds. The fraction of sp³-hybridized carbons (Fsp3) is 1.00. The van der Waals surface area contributed by atoms with Gasteiger partial charge >= 0.3 is 0 Å². The van der Waals surface area contributed by atoms with Gasteiger partial charge < -0.3 is 15.3 Å². The van der Waals surface area contributed by atoms with Crippen molar-refractivity contribution in [2.45, 2.75) is 58.1 Å². The Balaban J connectivity index is 1.80. The molecule has 2 N–H and O–H groups in total. The number of aliphatic hydroxyl groups is 1. The van der Waals surface area contributed by atoms with Crippen molar-refractivity contribution < 1.29 is 5.11 Å². The monoisotopic (exact) mass is 254 g/mol. The van der Waals surface area contributed by atoms with Gasteiger partial charge in [0.15, 0.2) is 0 Å². The lowest BCUT2D eigenvalue weighted by Crippen LogP contribution is -2.49. The summed E-state index contributed by atoms with van der Waals surface area (Å²) >= 11 is 0. The molecule has 106 valence electrons. The average Bonchev–Trinajstić information content (AvgIpc) is 3.20. The second-order valence-electron chi connectivity index (χ2n) is 6.25. The molecule has 0 aromatic heterocycles. The van der Waals surface area contributed by atoms with E-state index >= 15 is 0 Å². The Morgan fingerprint density at radius 3 is 2.67 bits per heavy atom. The first-order chi connectivity index (χ1) is 8.72. The molecule has 0 aromatic rings. The van der Waals surface area contributed by atoms with Crippen LogP contribution in [0, 0.1) is 11.8 Å². The van der Waals surface area contributed by atoms with Crippen LogP contribution >= 0.6 is 0 Å². The Bertz CT molecular complexity index is 243. The molecule has 0 radical (unpaired) electrons. The van der Waals surface area contributed by atoms with E-state index in [4.69, 9.17) is 0 Å². The molecule has 3 heteroatoms. The molecule has 0 spiro atoms. The first-order valence-electron chi connectivity index (χ1n) is 7.86. The highest BCUT2D eigenvalue weighted by Gasteiger charge is 2.34. The van der Waals surface area contributed by atoms with E-state index in [1.54, 1.807) is 0 Å². The van der Waals surface area contributed by atoms with E-state index in [9.17, 15) is 5.11 Å². The average molecular weight is 254 g/mol. The summed E-state index contributed by atoms with van der Waals surface area (Å²) in [6, 6.07) is 0.634. The molecule has 0 bridgehead atoms. The molecule has 1 saturated heterocycles. The summed E-state index contributed by atoms with van der Waals surface area (Å²) in [7, 11) is 0. The molecule has 1 heterocycles. The Hall–Kier alpha value is -0.120. The third kappa shape index (κ3) is 4.22. The molecule has 1 aliphatic carbocycles. The Kier molecular flexibility index (Phi) is 5.46. The zero-order valence-electron chi connectivity index (χ0n) is 12.1. The van der Waals surface area contributed by atoms with Gasteiger partial charge in [0.05, 0.1) is 6.10 Å². The van der Waals surface area contributed by atoms with Gasteiger partial charge in [-0.3, -0.25) is 0 Å². The first kappa shape index (κ1) is 14.3. The van der Waals surface area contributed by atoms with Crippen molar-refractivity contribution in [1.29, 1.82) is 0 Å². The van der Waals surface area contributed by atoms with Gasteiger partial charge in [0.1, 0.15) is 0 Å². The van der Waals surface area contributed by atoms with Gasteiger partial charge in [-0.1, -0.05) is 13.8 Å². The molecule has 3 unspecified atom stereocenters. The number of rotatable bonds is 7. The lowest BCUT2D eigenvalue weighted by atomic mass is 9.88. The number of hydrogen-bond acceptors (Lipinski definition) is 3. The van der Waals surface area contributed by atoms with Crippen molar-refractivity contribution in [2.24, 2.45) is 11.8 Å². The van der Waals surface area contributed by atoms with Gasteiger partial charge in [-0.15, -0.1) is 0 Å². The molecule has 3 nitrogen and oxygen atoms in total. The van der Waals surface area contributed by atoms with Crippen LogP contribution in [-0.4, -0.2) is 48.3 Å². The molecular weight excluding hydrogens is 224 g/mol. The van der Waals surface area contributed by atoms with Crippen molar-refractivity contribution >= 4 is 0 Å². The van der Waals surface area contributed by atoms with E-state index in [0.717, 1.165) is 19.5 Å². The van der Waals surface area contributed by atoms with Crippen molar-refractivity contribution in [1.82, 2.24) is 10.2 Å². The van der Waals surface area contributed by atoms with Crippen LogP contribution in [0.4, 0.5) is 0 Å². The lowest BCUT2D eigenvalue weighted by Gasteiger charge is -2.38. The highest BCUT2D eigenvalue weighted by molar-refractivity contribution is 4.88. The number of likely N-dealkylation sites (tertiary alicyclic amines) is 1. The molecule has 18 heavy (non-hydrogen) atoms. The molecule has 3 atom stereocenters. The highest BCUT2D eigenvalue weighted by Crippen LogP contribution is 2.36. The van der Waals surface area contributed by atoms with Crippen LogP contribution in [0.25, 0.3) is 0 Å². The molecule has 1 saturated carbocycles. The van der Waals surface area contributed by atoms with Crippen LogP contribution in [-0.2, 0) is 0 Å². The van der Waals surface area contributed by atoms with Gasteiger partial charge in [-0.05, 0) is 57.0 Å². The van der Waals surface area contributed by atoms with Gasteiger partial charge in [-0.25, -0.2) is 0 Å². The summed E-state index contributed by atoms with van der Waals surface area (Å²) < 4.78 is 0. The largest absolute Gasteiger partial charge is 0.393 e. The van der Waals surface area contributed by atoms with Crippen LogP contribution in [0.15, 0.2) is 0 Å². The maximum Gasteiger partial charge on any atom is 0.0571 e. The summed E-state index contributed by atoms with van der Waals surface area (Å²) in [5.74, 6) is 1.31. The van der Waals surface area contributed by atoms with E-state index in [1.807, 2.05) is 0 Å². The van der Waals surface area contributed by atoms with Crippen molar-refractivity contribution in [3.8, 4) is 0 Å². The summed E-state index contributed by atoms with van der Waals surface area (Å²) in [6.45, 7) is 9.11. The third-order valence-corrected chi connectivity index (χ3v) is 4.48. The maximum absolute atomic E-state index is 10.1. The number of nitrogens with one attached hydrogen (secondary N) is 1. The minimum Gasteiger partial charge on any atom is -0.393 e. The molecular formula is C15H30N2O. The quantitative estimate of drug-likeness (QED) is 0.728. The van der Waals surface area contributed by atoms with Crippen molar-refractivity contribution in [3.63, 3.8) is 0 Å². The number of nitrogens with zero attached hydrogens (tertiary/aromatic N) is 1. The fourth-order valence-corrected chi connectivity index (χ4v) is 3.24. The predicted molar refractivity (Wildman–Crippen MR) is 75.7 cm³/mol. The van der Waals surface area contributed by atoms with Gasteiger partial charge in [0, 0.05) is 19.1 Å². The standard InChI is InChI=1S/C15H30N2O/c1-3-7-16-14-8-12(10-17(4-2)11-14)9-15(18)13-5-6-13/h12-16,18H,3-11H2,1-2H3. The molecule has 0 aromatic carbocycles. The second kappa shape index (κ2) is 6.88. The first-order valence-corrected chi connectivity index (χ1v) is 7.86. The van der Waals surface area contributed by atoms with Crippen LogP contribution in [0.5, 0.6) is 0 Å². The topological polar surface area (TPSA) is 35.5 Å². The maximum atomic E-state index is 10.1. The SMILES string of the molecule is CCCNC1CC(CC(O)C2CC2)CN(CC)C1. The number of piperidine rings is 1. The van der Waals surface area contributed by atoms with Crippen LogP contribution < -0.4 is 5.32 Å². The number of aliphatic hydroxyl groups excluding tert-OH is 1. The van der Waals surface area contributed by atoms with Crippen LogP contribution in [0.1, 0.15) is 46.0 Å². The third-order valence-electron chi connectivity index (χ3n) is 4.48. The smallest absolute Gasteiger partial charge is 0.0571 e. The molecule has 2 aliphatic rings. The summed E-state index contributed by atoms with van der Waals surface area (Å²) in [4.78, 5) is 2.54. The van der Waals surface area contributed by atoms with E-state index in [1.165, 1.54) is 38.8 Å². The van der Waals surface area contributed by atoms with E-state index < -0.39 is 0 Å². The summed E-state index contributed by atoms with van der Waals surface area (Å²) in [6.07, 6.45) is 5.95. The van der Waals surface area contributed by atoms with E-state index in [0.29, 0.717) is 17.9 Å². The zero-order valence-corrected chi connectivity index (χ0v) is 12.1. The lowest BCUT2D eigenvalue weighted by molar-refractivity contribution is 0.0770. The predicted octanol–water partition coefficient (Wildman–Crippen LogP) is 1.86. The Morgan fingerprint density at radius 1 is 1.28 bits per heavy atom. The van der Waals surface area contributed by atoms with Crippen LogP contribution in [0.2, 0.25) is 0 Å². The van der Waals surface area contributed by atoms with Gasteiger partial charge in [0.25, 0.3) is 0 Å². The van der Waals surface area contributed by atoms with E-state index in [2.05, 4.69) is 24.1 Å². The van der Waals surface area contributed by atoms with Crippen molar-refractivity contribution in [3.05, 3.63) is 0 Å². The fourth-order valence-electron chi connectivity index (χ4n) is 3.24. The second-order valence-corrected chi connectivity index (χ2v) is 6.25. The van der Waals surface area contributed by atoms with Gasteiger partial charge in [0.2, 0.25) is 0 Å². The minimum absolute atomic E-state index is 0.0290. The summed E-state index contributed by atoms with van der Waals surface area (Å²) in [5, 5.41) is 13.8. The van der Waals surface area contributed by atoms with Gasteiger partial charge in [-0.2, -0.15) is 0 Å². The zero-order chi connectivity index (χ0) is 13.0. The highest BCUT2D eigenvalue weighted by atomic mass is 16.3. The number of likely N-dealkylation sites (N-methyl/N-ethyl adjacent to an activating group) is 1. The Labute approximate surface area is 112 Å². The normalized spacial score (nSPS) is 31.5. The Morgan fingerprint density at radius 2 is 2.06 bits per heavy atom. The number of hydrogen-bond donors (Lipinski definition) is 2. The molecule has 2 fully saturated rings. The molecule has 1 aliphatic heterocycles. The molecule has 2 rings (SSSR count).